The number of hydrogen-bond acceptors (Lipinski definition) is 4. The lowest BCUT2D eigenvalue weighted by Gasteiger charge is -2.41. The Morgan fingerprint density at radius 2 is 2.12 bits per heavy atom. The lowest BCUT2D eigenvalue weighted by atomic mass is 9.88. The van der Waals surface area contributed by atoms with Gasteiger partial charge >= 0.3 is 5.97 Å². The standard InChI is InChI=1S/C25H33BrFNO3.CH4/c1-17(6-3-9-23(29)20-15-28(16-20)13-5-12-27)24-21-11-10-19(25(30)31-2)14-18(21)7-4-8-22(24)26;/h3,6,10-11,14,17,20,23,29H,4-5,7-9,12-13,15-16H2,1-2H3;1H4/b6-3-;. The molecule has 2 atom stereocenters. The number of aliphatic hydroxyl groups excluding tert-OH is 1. The molecule has 0 amide bonds. The quantitative estimate of drug-likeness (QED) is 0.338. The number of hydrogen-bond donors (Lipinski definition) is 1. The van der Waals surface area contributed by atoms with E-state index in [9.17, 15) is 14.3 Å². The Morgan fingerprint density at radius 1 is 1.38 bits per heavy atom. The number of aryl methyl sites for hydroxylation is 1. The fraction of sp³-hybridized carbons (Fsp3) is 0.577. The van der Waals surface area contributed by atoms with Gasteiger partial charge in [0.05, 0.1) is 25.5 Å². The molecule has 2 aliphatic rings. The molecule has 2 unspecified atom stereocenters. The Bertz CT molecular complexity index is 832. The topological polar surface area (TPSA) is 49.8 Å². The Kier molecular flexibility index (Phi) is 10.6. The zero-order chi connectivity index (χ0) is 22.4. The fourth-order valence-electron chi connectivity index (χ4n) is 4.55. The monoisotopic (exact) mass is 509 g/mol. The lowest BCUT2D eigenvalue weighted by molar-refractivity contribution is -0.00302. The summed E-state index contributed by atoms with van der Waals surface area (Å²) in [5.41, 5.74) is 4.19. The van der Waals surface area contributed by atoms with Crippen molar-refractivity contribution in [3.63, 3.8) is 0 Å². The molecule has 1 aliphatic heterocycles. The first-order chi connectivity index (χ1) is 14.9. The number of carbonyl (C=O) groups is 1. The van der Waals surface area contributed by atoms with Crippen molar-refractivity contribution in [1.29, 1.82) is 0 Å². The second-order valence-electron chi connectivity index (χ2n) is 8.62. The molecule has 6 heteroatoms. The Labute approximate surface area is 200 Å². The van der Waals surface area contributed by atoms with Crippen molar-refractivity contribution < 1.29 is 19.0 Å². The fourth-order valence-corrected chi connectivity index (χ4v) is 5.40. The number of rotatable bonds is 9. The predicted octanol–water partition coefficient (Wildman–Crippen LogP) is 5.79. The zero-order valence-electron chi connectivity index (χ0n) is 18.4. The van der Waals surface area contributed by atoms with Crippen molar-refractivity contribution >= 4 is 27.5 Å². The SMILES string of the molecule is C.COC(=O)c1ccc2c(c1)CCCC(Br)=C2C(C)/C=C\CC(O)C1CN(CCCF)C1. The third-order valence-electron chi connectivity index (χ3n) is 6.35. The van der Waals surface area contributed by atoms with Crippen molar-refractivity contribution in [3.8, 4) is 0 Å². The van der Waals surface area contributed by atoms with Crippen LogP contribution in [0.3, 0.4) is 0 Å². The minimum absolute atomic E-state index is 0. The van der Waals surface area contributed by atoms with Gasteiger partial charge in [0.15, 0.2) is 0 Å². The summed E-state index contributed by atoms with van der Waals surface area (Å²) in [7, 11) is 1.41. The summed E-state index contributed by atoms with van der Waals surface area (Å²) in [4.78, 5) is 14.1. The minimum Gasteiger partial charge on any atom is -0.465 e. The molecule has 0 bridgehead atoms. The highest BCUT2D eigenvalue weighted by Gasteiger charge is 2.31. The maximum Gasteiger partial charge on any atom is 0.337 e. The first-order valence-electron chi connectivity index (χ1n) is 11.2. The highest BCUT2D eigenvalue weighted by molar-refractivity contribution is 9.11. The van der Waals surface area contributed by atoms with Crippen LogP contribution in [0.25, 0.3) is 5.57 Å². The van der Waals surface area contributed by atoms with Crippen LogP contribution >= 0.6 is 15.9 Å². The number of aliphatic hydroxyl groups is 1. The van der Waals surface area contributed by atoms with Gasteiger partial charge in [-0.2, -0.15) is 0 Å². The van der Waals surface area contributed by atoms with Gasteiger partial charge in [-0.1, -0.05) is 48.5 Å². The Morgan fingerprint density at radius 3 is 2.81 bits per heavy atom. The number of nitrogens with zero attached hydrogens (tertiary/aromatic N) is 1. The maximum atomic E-state index is 12.3. The second-order valence-corrected chi connectivity index (χ2v) is 9.57. The normalized spacial score (nSPS) is 19.0. The van der Waals surface area contributed by atoms with Crippen molar-refractivity contribution in [1.82, 2.24) is 4.90 Å². The van der Waals surface area contributed by atoms with E-state index in [1.807, 2.05) is 18.2 Å². The number of ether oxygens (including phenoxy) is 1. The smallest absolute Gasteiger partial charge is 0.337 e. The number of benzene rings is 1. The molecule has 1 fully saturated rings. The molecule has 0 aromatic heterocycles. The van der Waals surface area contributed by atoms with E-state index in [-0.39, 0.29) is 38.0 Å². The molecule has 1 heterocycles. The van der Waals surface area contributed by atoms with Crippen LogP contribution in [-0.4, -0.2) is 55.5 Å². The van der Waals surface area contributed by atoms with Crippen LogP contribution in [0.4, 0.5) is 4.39 Å². The van der Waals surface area contributed by atoms with Gasteiger partial charge in [-0.05, 0) is 65.4 Å². The number of allylic oxidation sites excluding steroid dienone is 3. The van der Waals surface area contributed by atoms with E-state index in [4.69, 9.17) is 4.74 Å². The number of alkyl halides is 1. The highest BCUT2D eigenvalue weighted by Crippen LogP contribution is 2.39. The third-order valence-corrected chi connectivity index (χ3v) is 7.17. The van der Waals surface area contributed by atoms with E-state index in [0.717, 1.165) is 38.9 Å². The van der Waals surface area contributed by atoms with Gasteiger partial charge in [0.2, 0.25) is 0 Å². The van der Waals surface area contributed by atoms with Gasteiger partial charge in [-0.3, -0.25) is 4.39 Å². The summed E-state index contributed by atoms with van der Waals surface area (Å²) in [5, 5.41) is 10.5. The van der Waals surface area contributed by atoms with E-state index < -0.39 is 0 Å². The number of esters is 1. The average molecular weight is 510 g/mol. The van der Waals surface area contributed by atoms with E-state index in [0.29, 0.717) is 18.4 Å². The number of fused-ring (bicyclic) bond motifs is 1. The molecule has 3 rings (SSSR count). The number of halogens is 2. The van der Waals surface area contributed by atoms with Gasteiger partial charge in [0.1, 0.15) is 0 Å². The van der Waals surface area contributed by atoms with E-state index in [2.05, 4.69) is 39.9 Å². The summed E-state index contributed by atoms with van der Waals surface area (Å²) in [6, 6.07) is 5.82. The van der Waals surface area contributed by atoms with E-state index >= 15 is 0 Å². The van der Waals surface area contributed by atoms with Crippen LogP contribution in [0, 0.1) is 11.8 Å². The van der Waals surface area contributed by atoms with Gasteiger partial charge < -0.3 is 14.7 Å². The molecular weight excluding hydrogens is 473 g/mol. The van der Waals surface area contributed by atoms with Crippen molar-refractivity contribution in [2.24, 2.45) is 11.8 Å². The van der Waals surface area contributed by atoms with Crippen LogP contribution in [-0.2, 0) is 11.2 Å². The van der Waals surface area contributed by atoms with Crippen LogP contribution in [0.5, 0.6) is 0 Å². The average Bonchev–Trinajstić information content (AvgIpc) is 2.89. The Balaban J connectivity index is 0.00000363. The molecule has 1 N–H and O–H groups in total. The Hall–Kier alpha value is -1.50. The number of carbonyl (C=O) groups excluding carboxylic acids is 1. The number of methoxy groups -OCH3 is 1. The highest BCUT2D eigenvalue weighted by atomic mass is 79.9. The van der Waals surface area contributed by atoms with Gasteiger partial charge in [0, 0.05) is 31.5 Å². The molecule has 1 aliphatic carbocycles. The summed E-state index contributed by atoms with van der Waals surface area (Å²) in [5.74, 6) is 0.156. The molecule has 0 radical (unpaired) electrons. The lowest BCUT2D eigenvalue weighted by Crippen LogP contribution is -2.51. The molecular formula is C26H37BrFNO3. The summed E-state index contributed by atoms with van der Waals surface area (Å²) < 4.78 is 18.3. The molecule has 0 saturated carbocycles. The summed E-state index contributed by atoms with van der Waals surface area (Å²) in [6.07, 6.45) is 8.02. The van der Waals surface area contributed by atoms with Crippen LogP contribution in [0.1, 0.15) is 61.5 Å². The molecule has 4 nitrogen and oxygen atoms in total. The van der Waals surface area contributed by atoms with Gasteiger partial charge in [-0.25, -0.2) is 4.79 Å². The summed E-state index contributed by atoms with van der Waals surface area (Å²) >= 11 is 3.80. The molecule has 1 aromatic rings. The zero-order valence-corrected chi connectivity index (χ0v) is 20.0. The minimum atomic E-state index is -0.355. The number of likely N-dealkylation sites (tertiary alicyclic amines) is 1. The molecule has 1 aromatic carbocycles. The summed E-state index contributed by atoms with van der Waals surface area (Å²) in [6.45, 7) is 4.40. The van der Waals surface area contributed by atoms with Crippen molar-refractivity contribution in [2.75, 3.05) is 33.4 Å². The molecule has 1 saturated heterocycles. The van der Waals surface area contributed by atoms with Gasteiger partial charge in [-0.15, -0.1) is 0 Å². The molecule has 178 valence electrons. The predicted molar refractivity (Wildman–Crippen MR) is 133 cm³/mol. The van der Waals surface area contributed by atoms with Gasteiger partial charge in [0.25, 0.3) is 0 Å². The third kappa shape index (κ3) is 6.52. The maximum absolute atomic E-state index is 12.3. The van der Waals surface area contributed by atoms with Crippen LogP contribution < -0.4 is 0 Å². The molecule has 32 heavy (non-hydrogen) atoms. The van der Waals surface area contributed by atoms with Crippen molar-refractivity contribution in [3.05, 3.63) is 51.5 Å². The largest absolute Gasteiger partial charge is 0.465 e. The second kappa shape index (κ2) is 12.7. The first-order valence-corrected chi connectivity index (χ1v) is 12.0. The van der Waals surface area contributed by atoms with Crippen LogP contribution in [0.2, 0.25) is 0 Å². The van der Waals surface area contributed by atoms with Crippen molar-refractivity contribution in [2.45, 2.75) is 52.6 Å². The first kappa shape index (κ1) is 26.7. The van der Waals surface area contributed by atoms with E-state index in [1.165, 1.54) is 28.3 Å². The van der Waals surface area contributed by atoms with Crippen LogP contribution in [0.15, 0.2) is 34.8 Å². The van der Waals surface area contributed by atoms with E-state index in [1.54, 1.807) is 0 Å². The molecule has 0 spiro atoms.